The van der Waals surface area contributed by atoms with Gasteiger partial charge in [0.05, 0.1) is 0 Å². The molecule has 2 aliphatic heterocycles. The van der Waals surface area contributed by atoms with Crippen LogP contribution in [0.5, 0.6) is 0 Å². The van der Waals surface area contributed by atoms with Gasteiger partial charge in [-0.3, -0.25) is 4.90 Å². The van der Waals surface area contributed by atoms with Crippen molar-refractivity contribution in [2.75, 3.05) is 26.2 Å². The molecule has 0 radical (unpaired) electrons. The van der Waals surface area contributed by atoms with Gasteiger partial charge in [-0.1, -0.05) is 6.92 Å². The van der Waals surface area contributed by atoms with E-state index in [1.165, 1.54) is 32.6 Å². The van der Waals surface area contributed by atoms with Gasteiger partial charge < -0.3 is 5.32 Å². The molecule has 2 nitrogen and oxygen atoms in total. The third kappa shape index (κ3) is 2.08. The highest BCUT2D eigenvalue weighted by molar-refractivity contribution is 4.88. The number of likely N-dealkylation sites (tertiary alicyclic amines) is 1. The van der Waals surface area contributed by atoms with Crippen molar-refractivity contribution in [1.82, 2.24) is 10.2 Å². The predicted octanol–water partition coefficient (Wildman–Crippen LogP) is 1.10. The third-order valence-electron chi connectivity index (χ3n) is 2.73. The summed E-state index contributed by atoms with van der Waals surface area (Å²) in [4.78, 5) is 2.63. The first-order chi connectivity index (χ1) is 5.86. The zero-order valence-corrected chi connectivity index (χ0v) is 8.05. The van der Waals surface area contributed by atoms with Crippen molar-refractivity contribution in [3.63, 3.8) is 0 Å². The molecule has 2 heteroatoms. The fourth-order valence-electron chi connectivity index (χ4n) is 1.83. The fraction of sp³-hybridized carbons (Fsp3) is 0.800. The molecule has 0 aliphatic carbocycles. The number of hydrogen-bond donors (Lipinski definition) is 1. The Kier molecular flexibility index (Phi) is 3.76. The number of rotatable bonds is 1. The lowest BCUT2D eigenvalue weighted by atomic mass is 10.1. The van der Waals surface area contributed by atoms with Crippen molar-refractivity contribution in [3.05, 3.63) is 13.2 Å². The largest absolute Gasteiger partial charge is 0.314 e. The van der Waals surface area contributed by atoms with Gasteiger partial charge in [0.2, 0.25) is 0 Å². The molecule has 12 heavy (non-hydrogen) atoms. The maximum Gasteiger partial charge on any atom is 0.0345 e. The van der Waals surface area contributed by atoms with Gasteiger partial charge >= 0.3 is 0 Å². The number of hydrogen-bond acceptors (Lipinski definition) is 2. The summed E-state index contributed by atoms with van der Waals surface area (Å²) in [6.45, 7) is 13.5. The van der Waals surface area contributed by atoms with Crippen LogP contribution in [0, 0.1) is 5.92 Å². The summed E-state index contributed by atoms with van der Waals surface area (Å²) in [6, 6.07) is 0.880. The first-order valence-corrected chi connectivity index (χ1v) is 4.81. The number of nitrogens with one attached hydrogen (secondary N) is 1. The van der Waals surface area contributed by atoms with Crippen molar-refractivity contribution in [1.29, 1.82) is 0 Å². The molecule has 0 aromatic rings. The fourth-order valence-corrected chi connectivity index (χ4v) is 1.83. The van der Waals surface area contributed by atoms with Gasteiger partial charge in [-0.15, -0.1) is 13.2 Å². The standard InChI is InChI=1S/C8H16N2.C2H4/c1-7-2-3-10(6-7)8-4-9-5-8;1-2/h7-9H,2-6H2,1H3;1-2H2. The summed E-state index contributed by atoms with van der Waals surface area (Å²) in [5.41, 5.74) is 0. The van der Waals surface area contributed by atoms with Crippen LogP contribution in [0.15, 0.2) is 13.2 Å². The Balaban J connectivity index is 0.000000336. The molecule has 2 aliphatic rings. The molecule has 1 unspecified atom stereocenters. The molecule has 0 amide bonds. The lowest BCUT2D eigenvalue weighted by Gasteiger charge is -2.35. The van der Waals surface area contributed by atoms with E-state index < -0.39 is 0 Å². The molecule has 0 aromatic carbocycles. The Labute approximate surface area is 75.6 Å². The van der Waals surface area contributed by atoms with E-state index in [4.69, 9.17) is 0 Å². The minimum Gasteiger partial charge on any atom is -0.314 e. The second kappa shape index (κ2) is 4.63. The highest BCUT2D eigenvalue weighted by Gasteiger charge is 2.29. The minimum absolute atomic E-state index is 0.880. The lowest BCUT2D eigenvalue weighted by Crippen LogP contribution is -2.56. The molecule has 2 heterocycles. The van der Waals surface area contributed by atoms with Crippen molar-refractivity contribution >= 4 is 0 Å². The topological polar surface area (TPSA) is 15.3 Å². The zero-order valence-electron chi connectivity index (χ0n) is 8.05. The van der Waals surface area contributed by atoms with Crippen LogP contribution in [0.4, 0.5) is 0 Å². The first-order valence-electron chi connectivity index (χ1n) is 4.81. The predicted molar refractivity (Wildman–Crippen MR) is 53.3 cm³/mol. The van der Waals surface area contributed by atoms with E-state index in [1.807, 2.05) is 0 Å². The highest BCUT2D eigenvalue weighted by Crippen LogP contribution is 2.18. The van der Waals surface area contributed by atoms with Gasteiger partial charge in [0.25, 0.3) is 0 Å². The first kappa shape index (κ1) is 9.75. The van der Waals surface area contributed by atoms with E-state index >= 15 is 0 Å². The second-order valence-electron chi connectivity index (χ2n) is 3.70. The molecule has 1 atom stereocenters. The van der Waals surface area contributed by atoms with Crippen molar-refractivity contribution in [2.45, 2.75) is 19.4 Å². The lowest BCUT2D eigenvalue weighted by molar-refractivity contribution is 0.175. The Hall–Kier alpha value is -0.340. The molecule has 2 saturated heterocycles. The summed E-state index contributed by atoms with van der Waals surface area (Å²) < 4.78 is 0. The highest BCUT2D eigenvalue weighted by atomic mass is 15.2. The quantitative estimate of drug-likeness (QED) is 0.590. The van der Waals surface area contributed by atoms with Gasteiger partial charge in [-0.05, 0) is 18.9 Å². The average Bonchev–Trinajstić information content (AvgIpc) is 2.37. The van der Waals surface area contributed by atoms with E-state index in [0.29, 0.717) is 0 Å². The van der Waals surface area contributed by atoms with Crippen LogP contribution in [0.25, 0.3) is 0 Å². The summed E-state index contributed by atoms with van der Waals surface area (Å²) in [5, 5.41) is 3.31. The molecule has 70 valence electrons. The molecule has 2 fully saturated rings. The summed E-state index contributed by atoms with van der Waals surface area (Å²) in [6.07, 6.45) is 1.41. The smallest absolute Gasteiger partial charge is 0.0345 e. The van der Waals surface area contributed by atoms with Gasteiger partial charge in [0.15, 0.2) is 0 Å². The summed E-state index contributed by atoms with van der Waals surface area (Å²) >= 11 is 0. The van der Waals surface area contributed by atoms with Crippen LogP contribution >= 0.6 is 0 Å². The Morgan fingerprint density at radius 1 is 1.33 bits per heavy atom. The molecule has 1 N–H and O–H groups in total. The average molecular weight is 168 g/mol. The minimum atomic E-state index is 0.880. The molecule has 2 rings (SSSR count). The maximum atomic E-state index is 3.31. The molecule has 0 saturated carbocycles. The summed E-state index contributed by atoms with van der Waals surface area (Å²) in [5.74, 6) is 0.945. The van der Waals surface area contributed by atoms with Gasteiger partial charge in [-0.25, -0.2) is 0 Å². The van der Waals surface area contributed by atoms with Gasteiger partial charge in [0, 0.05) is 25.7 Å². The van der Waals surface area contributed by atoms with Crippen LogP contribution < -0.4 is 5.32 Å². The summed E-state index contributed by atoms with van der Waals surface area (Å²) in [7, 11) is 0. The van der Waals surface area contributed by atoms with Crippen molar-refractivity contribution < 1.29 is 0 Å². The Morgan fingerprint density at radius 2 is 2.00 bits per heavy atom. The molecular weight excluding hydrogens is 148 g/mol. The van der Waals surface area contributed by atoms with Crippen molar-refractivity contribution in [2.24, 2.45) is 5.92 Å². The molecule has 0 spiro atoms. The molecular formula is C10H20N2. The van der Waals surface area contributed by atoms with Gasteiger partial charge in [-0.2, -0.15) is 0 Å². The zero-order chi connectivity index (χ0) is 8.97. The van der Waals surface area contributed by atoms with Crippen LogP contribution in [0.2, 0.25) is 0 Å². The molecule has 0 bridgehead atoms. The van der Waals surface area contributed by atoms with Crippen LogP contribution in [-0.2, 0) is 0 Å². The second-order valence-corrected chi connectivity index (χ2v) is 3.70. The van der Waals surface area contributed by atoms with E-state index in [0.717, 1.165) is 12.0 Å². The maximum absolute atomic E-state index is 3.31. The van der Waals surface area contributed by atoms with Crippen LogP contribution in [0.3, 0.4) is 0 Å². The Morgan fingerprint density at radius 3 is 2.33 bits per heavy atom. The van der Waals surface area contributed by atoms with Crippen molar-refractivity contribution in [3.8, 4) is 0 Å². The number of nitrogens with zero attached hydrogens (tertiary/aromatic N) is 1. The monoisotopic (exact) mass is 168 g/mol. The Bertz CT molecular complexity index is 132. The van der Waals surface area contributed by atoms with Gasteiger partial charge in [0.1, 0.15) is 0 Å². The van der Waals surface area contributed by atoms with E-state index in [-0.39, 0.29) is 0 Å². The molecule has 0 aromatic heterocycles. The third-order valence-corrected chi connectivity index (χ3v) is 2.73. The SMILES string of the molecule is C=C.CC1CCN(C2CNC2)C1. The van der Waals surface area contributed by atoms with Crippen LogP contribution in [-0.4, -0.2) is 37.1 Å². The normalized spacial score (nSPS) is 30.6. The van der Waals surface area contributed by atoms with E-state index in [2.05, 4.69) is 30.3 Å². The van der Waals surface area contributed by atoms with Crippen LogP contribution in [0.1, 0.15) is 13.3 Å². The van der Waals surface area contributed by atoms with E-state index in [1.54, 1.807) is 0 Å². The van der Waals surface area contributed by atoms with E-state index in [9.17, 15) is 0 Å².